The first-order chi connectivity index (χ1) is 16.9. The molecule has 7 rings (SSSR count). The summed E-state index contributed by atoms with van der Waals surface area (Å²) in [5.41, 5.74) is 6.49. The van der Waals surface area contributed by atoms with Gasteiger partial charge in [0, 0.05) is 45.5 Å². The number of furan rings is 1. The second-order valence-corrected chi connectivity index (χ2v) is 8.19. The molecule has 0 N–H and O–H groups in total. The molecule has 0 saturated heterocycles. The van der Waals surface area contributed by atoms with E-state index in [0.717, 1.165) is 63.5 Å². The number of fused-ring (bicyclic) bond motifs is 5. The van der Waals surface area contributed by atoms with Crippen LogP contribution in [0.4, 0.5) is 0 Å². The third kappa shape index (κ3) is 4.55. The standard InChI is InChI=1S/C18H14N3O.C11H8N.Ir/c1-3-10-19-14(8-1)12-6-5-7-13-16-18(22-17(12)13)21-11-4-2-9-15(21)20-16;1-2-6-10(7-3-1)11-8-4-5-9-12-11;/h1,3,5,7-8,10H,2,4,9,11H2;1-6,8-9H;/q2*-1;. The van der Waals surface area contributed by atoms with Crippen LogP contribution in [0.25, 0.3) is 44.7 Å². The third-order valence-electron chi connectivity index (χ3n) is 6.01. The van der Waals surface area contributed by atoms with Crippen LogP contribution in [0.5, 0.6) is 0 Å². The Labute approximate surface area is 217 Å². The zero-order valence-electron chi connectivity index (χ0n) is 18.9. The predicted octanol–water partition coefficient (Wildman–Crippen LogP) is 6.53. The quantitative estimate of drug-likeness (QED) is 0.204. The number of benzene rings is 2. The van der Waals surface area contributed by atoms with Gasteiger partial charge in [-0.05, 0) is 41.7 Å². The fourth-order valence-electron chi connectivity index (χ4n) is 4.38. The molecule has 0 atom stereocenters. The molecule has 1 aliphatic rings. The summed E-state index contributed by atoms with van der Waals surface area (Å²) >= 11 is 0. The summed E-state index contributed by atoms with van der Waals surface area (Å²) in [4.78, 5) is 13.5. The van der Waals surface area contributed by atoms with Gasteiger partial charge in [0.1, 0.15) is 11.3 Å². The van der Waals surface area contributed by atoms with Gasteiger partial charge in [-0.25, -0.2) is 4.98 Å². The van der Waals surface area contributed by atoms with Gasteiger partial charge in [-0.1, -0.05) is 29.8 Å². The Morgan fingerprint density at radius 2 is 1.60 bits per heavy atom. The molecule has 0 unspecified atom stereocenters. The van der Waals surface area contributed by atoms with E-state index in [1.807, 2.05) is 72.8 Å². The van der Waals surface area contributed by atoms with E-state index in [0.29, 0.717) is 0 Å². The van der Waals surface area contributed by atoms with Gasteiger partial charge in [-0.3, -0.25) is 4.57 Å². The Morgan fingerprint density at radius 3 is 2.34 bits per heavy atom. The second kappa shape index (κ2) is 10.3. The van der Waals surface area contributed by atoms with E-state index in [4.69, 9.17) is 9.40 Å². The molecule has 5 heterocycles. The number of hydrogen-bond acceptors (Lipinski definition) is 4. The van der Waals surface area contributed by atoms with Crippen molar-refractivity contribution in [2.75, 3.05) is 0 Å². The van der Waals surface area contributed by atoms with Crippen LogP contribution < -0.4 is 0 Å². The van der Waals surface area contributed by atoms with Crippen molar-refractivity contribution < 1.29 is 24.5 Å². The van der Waals surface area contributed by atoms with Crippen molar-refractivity contribution in [3.63, 3.8) is 0 Å². The number of nitrogens with zero attached hydrogens (tertiary/aromatic N) is 4. The van der Waals surface area contributed by atoms with E-state index in [9.17, 15) is 0 Å². The van der Waals surface area contributed by atoms with Crippen molar-refractivity contribution in [1.29, 1.82) is 0 Å². The van der Waals surface area contributed by atoms with E-state index in [-0.39, 0.29) is 20.1 Å². The molecule has 6 heteroatoms. The molecule has 1 radical (unpaired) electrons. The molecule has 1 aliphatic heterocycles. The van der Waals surface area contributed by atoms with Crippen molar-refractivity contribution in [2.45, 2.75) is 25.8 Å². The van der Waals surface area contributed by atoms with Crippen molar-refractivity contribution >= 4 is 22.2 Å². The van der Waals surface area contributed by atoms with Gasteiger partial charge >= 0.3 is 0 Å². The molecule has 5 nitrogen and oxygen atoms in total. The van der Waals surface area contributed by atoms with Gasteiger partial charge in [0.15, 0.2) is 0 Å². The molecule has 2 aromatic carbocycles. The smallest absolute Gasteiger partial charge is 0.216 e. The van der Waals surface area contributed by atoms with Crippen molar-refractivity contribution in [1.82, 2.24) is 19.5 Å². The number of imidazole rings is 1. The molecule has 4 aromatic heterocycles. The first-order valence-corrected chi connectivity index (χ1v) is 11.5. The fourth-order valence-corrected chi connectivity index (χ4v) is 4.38. The molecular weight excluding hydrogens is 613 g/mol. The first-order valence-electron chi connectivity index (χ1n) is 11.5. The van der Waals surface area contributed by atoms with Crippen LogP contribution >= 0.6 is 0 Å². The average molecular weight is 635 g/mol. The number of aryl methyl sites for hydroxylation is 2. The molecule has 0 amide bonds. The summed E-state index contributed by atoms with van der Waals surface area (Å²) in [6.45, 7) is 0.994. The van der Waals surface area contributed by atoms with Gasteiger partial charge < -0.3 is 14.4 Å². The van der Waals surface area contributed by atoms with Crippen LogP contribution in [0.15, 0.2) is 89.6 Å². The molecular formula is C29H22IrN4O-2. The Hall–Kier alpha value is -3.60. The van der Waals surface area contributed by atoms with Crippen molar-refractivity contribution in [2.24, 2.45) is 0 Å². The van der Waals surface area contributed by atoms with Crippen LogP contribution in [0, 0.1) is 12.1 Å². The predicted molar refractivity (Wildman–Crippen MR) is 133 cm³/mol. The summed E-state index contributed by atoms with van der Waals surface area (Å²) in [5, 5.41) is 1.05. The Morgan fingerprint density at radius 1 is 0.800 bits per heavy atom. The largest absolute Gasteiger partial charge is 0.486 e. The van der Waals surface area contributed by atoms with Crippen LogP contribution in [0.1, 0.15) is 18.7 Å². The summed E-state index contributed by atoms with van der Waals surface area (Å²) in [6.07, 6.45) is 7.02. The molecule has 0 spiro atoms. The summed E-state index contributed by atoms with van der Waals surface area (Å²) < 4.78 is 8.43. The molecule has 0 bridgehead atoms. The maximum absolute atomic E-state index is 6.21. The molecule has 0 aliphatic carbocycles. The van der Waals surface area contributed by atoms with Crippen LogP contribution in [-0.4, -0.2) is 19.5 Å². The minimum Gasteiger partial charge on any atom is -0.486 e. The zero-order chi connectivity index (χ0) is 22.7. The van der Waals surface area contributed by atoms with Crippen molar-refractivity contribution in [3.8, 4) is 22.5 Å². The summed E-state index contributed by atoms with van der Waals surface area (Å²) in [7, 11) is 0. The third-order valence-corrected chi connectivity index (χ3v) is 6.01. The topological polar surface area (TPSA) is 56.7 Å². The SMILES string of the molecule is [Ir].[c-]1ccc2c(oc3c2nc2n3CCCC2)c1-c1ccccn1.[c-]1ccccc1-c1ccccn1. The van der Waals surface area contributed by atoms with Crippen LogP contribution in [0.2, 0.25) is 0 Å². The second-order valence-electron chi connectivity index (χ2n) is 8.19. The van der Waals surface area contributed by atoms with Gasteiger partial charge in [0.25, 0.3) is 0 Å². The molecule has 0 saturated carbocycles. The number of hydrogen-bond donors (Lipinski definition) is 0. The van der Waals surface area contributed by atoms with E-state index in [2.05, 4.69) is 26.7 Å². The molecule has 175 valence electrons. The van der Waals surface area contributed by atoms with Crippen LogP contribution in [0.3, 0.4) is 0 Å². The minimum atomic E-state index is 0. The molecule has 0 fully saturated rings. The maximum Gasteiger partial charge on any atom is 0.216 e. The zero-order valence-corrected chi connectivity index (χ0v) is 21.3. The normalized spacial score (nSPS) is 12.5. The maximum atomic E-state index is 6.21. The average Bonchev–Trinajstić information content (AvgIpc) is 3.47. The van der Waals surface area contributed by atoms with E-state index >= 15 is 0 Å². The Bertz CT molecular complexity index is 1510. The minimum absolute atomic E-state index is 0. The molecule has 6 aromatic rings. The van der Waals surface area contributed by atoms with E-state index in [1.54, 1.807) is 12.4 Å². The Kier molecular flexibility index (Phi) is 6.84. The fraction of sp³-hybridized carbons (Fsp3) is 0.138. The van der Waals surface area contributed by atoms with E-state index < -0.39 is 0 Å². The van der Waals surface area contributed by atoms with E-state index in [1.165, 1.54) is 12.8 Å². The van der Waals surface area contributed by atoms with Crippen molar-refractivity contribution in [3.05, 3.63) is 103 Å². The number of aromatic nitrogens is 4. The summed E-state index contributed by atoms with van der Waals surface area (Å²) in [5.74, 6) is 1.15. The monoisotopic (exact) mass is 635 g/mol. The number of pyridine rings is 2. The molecule has 35 heavy (non-hydrogen) atoms. The van der Waals surface area contributed by atoms with Crippen LogP contribution in [-0.2, 0) is 33.1 Å². The van der Waals surface area contributed by atoms with Gasteiger partial charge in [0.2, 0.25) is 5.71 Å². The Balaban J connectivity index is 0.000000167. The summed E-state index contributed by atoms with van der Waals surface area (Å²) in [6, 6.07) is 29.9. The van der Waals surface area contributed by atoms with Gasteiger partial charge in [0.05, 0.1) is 5.58 Å². The number of rotatable bonds is 2. The van der Waals surface area contributed by atoms with Gasteiger partial charge in [-0.15, -0.1) is 54.1 Å². The van der Waals surface area contributed by atoms with Gasteiger partial charge in [-0.2, -0.15) is 0 Å². The first kappa shape index (κ1) is 23.2.